The molecule has 0 spiro atoms. The fourth-order valence-electron chi connectivity index (χ4n) is 3.06. The van der Waals surface area contributed by atoms with Crippen molar-refractivity contribution in [3.8, 4) is 11.1 Å². The van der Waals surface area contributed by atoms with E-state index >= 15 is 0 Å². The average molecular weight is 309 g/mol. The van der Waals surface area contributed by atoms with E-state index in [9.17, 15) is 4.79 Å². The minimum atomic E-state index is 0.0936. The number of benzene rings is 2. The van der Waals surface area contributed by atoms with Crippen LogP contribution in [0.1, 0.15) is 23.2 Å². The molecule has 23 heavy (non-hydrogen) atoms. The van der Waals surface area contributed by atoms with Gasteiger partial charge in [0.2, 0.25) is 0 Å². The van der Waals surface area contributed by atoms with E-state index < -0.39 is 0 Å². The first-order valence-corrected chi connectivity index (χ1v) is 8.23. The van der Waals surface area contributed by atoms with E-state index in [1.165, 1.54) is 5.56 Å². The summed E-state index contributed by atoms with van der Waals surface area (Å²) in [6, 6.07) is 18.1. The van der Waals surface area contributed by atoms with Crippen LogP contribution < -0.4 is 0 Å². The standard InChI is InChI=1S/C20H23NO2/c1-21(15-16-11-13-23-14-12-16)20(22)19-9-7-18(8-10-19)17-5-3-2-4-6-17/h2-10,16H,11-15H2,1H3. The number of rotatable bonds is 4. The summed E-state index contributed by atoms with van der Waals surface area (Å²) >= 11 is 0. The van der Waals surface area contributed by atoms with Gasteiger partial charge in [0.05, 0.1) is 0 Å². The summed E-state index contributed by atoms with van der Waals surface area (Å²) < 4.78 is 5.38. The van der Waals surface area contributed by atoms with Crippen LogP contribution in [-0.4, -0.2) is 37.6 Å². The summed E-state index contributed by atoms with van der Waals surface area (Å²) in [5.74, 6) is 0.650. The molecule has 0 aliphatic carbocycles. The molecule has 1 saturated heterocycles. The Morgan fingerprint density at radius 2 is 1.61 bits per heavy atom. The zero-order valence-electron chi connectivity index (χ0n) is 13.6. The fraction of sp³-hybridized carbons (Fsp3) is 0.350. The second kappa shape index (κ2) is 7.42. The van der Waals surface area contributed by atoms with Gasteiger partial charge in [0, 0.05) is 32.4 Å². The molecule has 0 unspecified atom stereocenters. The Morgan fingerprint density at radius 3 is 2.26 bits per heavy atom. The highest BCUT2D eigenvalue weighted by Gasteiger charge is 2.19. The number of carbonyl (C=O) groups excluding carboxylic acids is 1. The molecule has 1 aliphatic rings. The Morgan fingerprint density at radius 1 is 1.00 bits per heavy atom. The van der Waals surface area contributed by atoms with E-state index in [0.717, 1.165) is 43.7 Å². The topological polar surface area (TPSA) is 29.5 Å². The van der Waals surface area contributed by atoms with E-state index in [0.29, 0.717) is 5.92 Å². The molecular formula is C20H23NO2. The highest BCUT2D eigenvalue weighted by atomic mass is 16.5. The van der Waals surface area contributed by atoms with E-state index in [-0.39, 0.29) is 5.91 Å². The van der Waals surface area contributed by atoms with E-state index in [2.05, 4.69) is 12.1 Å². The Balaban J connectivity index is 1.65. The first-order chi connectivity index (χ1) is 11.2. The molecule has 1 fully saturated rings. The summed E-state index contributed by atoms with van der Waals surface area (Å²) in [5.41, 5.74) is 3.05. The third kappa shape index (κ3) is 3.99. The number of carbonyl (C=O) groups is 1. The van der Waals surface area contributed by atoms with Crippen LogP contribution >= 0.6 is 0 Å². The van der Waals surface area contributed by atoms with Crippen molar-refractivity contribution in [3.05, 3.63) is 60.2 Å². The van der Waals surface area contributed by atoms with Gasteiger partial charge in [0.25, 0.3) is 5.91 Å². The summed E-state index contributed by atoms with van der Waals surface area (Å²) in [5, 5.41) is 0. The van der Waals surface area contributed by atoms with Crippen LogP contribution in [0.2, 0.25) is 0 Å². The molecule has 120 valence electrons. The van der Waals surface area contributed by atoms with Gasteiger partial charge in [-0.1, -0.05) is 42.5 Å². The predicted octanol–water partition coefficient (Wildman–Crippen LogP) is 3.85. The zero-order valence-corrected chi connectivity index (χ0v) is 13.6. The molecule has 3 rings (SSSR count). The van der Waals surface area contributed by atoms with Gasteiger partial charge in [-0.3, -0.25) is 4.79 Å². The van der Waals surface area contributed by atoms with Crippen molar-refractivity contribution >= 4 is 5.91 Å². The number of hydrogen-bond donors (Lipinski definition) is 0. The van der Waals surface area contributed by atoms with Gasteiger partial charge in [-0.25, -0.2) is 0 Å². The molecule has 0 N–H and O–H groups in total. The maximum atomic E-state index is 12.6. The molecule has 0 saturated carbocycles. The van der Waals surface area contributed by atoms with Gasteiger partial charge in [-0.15, -0.1) is 0 Å². The van der Waals surface area contributed by atoms with Crippen molar-refractivity contribution in [2.24, 2.45) is 5.92 Å². The molecule has 1 amide bonds. The molecule has 2 aromatic rings. The van der Waals surface area contributed by atoms with Crippen molar-refractivity contribution in [2.75, 3.05) is 26.8 Å². The zero-order chi connectivity index (χ0) is 16.1. The van der Waals surface area contributed by atoms with E-state index in [4.69, 9.17) is 4.74 Å². The Labute approximate surface area is 137 Å². The van der Waals surface area contributed by atoms with Crippen molar-refractivity contribution < 1.29 is 9.53 Å². The lowest BCUT2D eigenvalue weighted by atomic mass is 9.99. The normalized spacial score (nSPS) is 15.3. The second-order valence-corrected chi connectivity index (χ2v) is 6.18. The first-order valence-electron chi connectivity index (χ1n) is 8.23. The Hall–Kier alpha value is -2.13. The lowest BCUT2D eigenvalue weighted by molar-refractivity contribution is 0.0497. The molecule has 0 bridgehead atoms. The Bertz CT molecular complexity index is 630. The van der Waals surface area contributed by atoms with Crippen LogP contribution in [0.5, 0.6) is 0 Å². The first kappa shape index (κ1) is 15.8. The number of nitrogens with zero attached hydrogens (tertiary/aromatic N) is 1. The third-order valence-electron chi connectivity index (χ3n) is 4.46. The number of ether oxygens (including phenoxy) is 1. The molecule has 0 atom stereocenters. The molecule has 0 radical (unpaired) electrons. The largest absolute Gasteiger partial charge is 0.381 e. The van der Waals surface area contributed by atoms with Gasteiger partial charge >= 0.3 is 0 Å². The maximum absolute atomic E-state index is 12.6. The van der Waals surface area contributed by atoms with Gasteiger partial charge in [-0.2, -0.15) is 0 Å². The van der Waals surface area contributed by atoms with E-state index in [1.807, 2.05) is 54.4 Å². The van der Waals surface area contributed by atoms with E-state index in [1.54, 1.807) is 0 Å². The smallest absolute Gasteiger partial charge is 0.253 e. The van der Waals surface area contributed by atoms with Gasteiger partial charge in [0.15, 0.2) is 0 Å². The average Bonchev–Trinajstić information content (AvgIpc) is 2.63. The molecule has 1 heterocycles. The van der Waals surface area contributed by atoms with Crippen LogP contribution in [-0.2, 0) is 4.74 Å². The summed E-state index contributed by atoms with van der Waals surface area (Å²) in [7, 11) is 1.89. The molecule has 1 aliphatic heterocycles. The van der Waals surface area contributed by atoms with Gasteiger partial charge < -0.3 is 9.64 Å². The van der Waals surface area contributed by atoms with Crippen LogP contribution in [0, 0.1) is 5.92 Å². The van der Waals surface area contributed by atoms with Gasteiger partial charge in [0.1, 0.15) is 0 Å². The second-order valence-electron chi connectivity index (χ2n) is 6.18. The van der Waals surface area contributed by atoms with Crippen LogP contribution in [0.4, 0.5) is 0 Å². The fourth-order valence-corrected chi connectivity index (χ4v) is 3.06. The number of hydrogen-bond acceptors (Lipinski definition) is 2. The molecule has 3 heteroatoms. The van der Waals surface area contributed by atoms with Crippen molar-refractivity contribution in [2.45, 2.75) is 12.8 Å². The maximum Gasteiger partial charge on any atom is 0.253 e. The summed E-state index contributed by atoms with van der Waals surface area (Å²) in [6.07, 6.45) is 2.09. The lowest BCUT2D eigenvalue weighted by Crippen LogP contribution is -2.34. The molecule has 3 nitrogen and oxygen atoms in total. The minimum absolute atomic E-state index is 0.0936. The summed E-state index contributed by atoms with van der Waals surface area (Å²) in [4.78, 5) is 14.4. The summed E-state index contributed by atoms with van der Waals surface area (Å²) in [6.45, 7) is 2.44. The van der Waals surface area contributed by atoms with Crippen molar-refractivity contribution in [1.82, 2.24) is 4.90 Å². The molecular weight excluding hydrogens is 286 g/mol. The molecule has 0 aromatic heterocycles. The predicted molar refractivity (Wildman–Crippen MR) is 92.4 cm³/mol. The Kier molecular flexibility index (Phi) is 5.09. The highest BCUT2D eigenvalue weighted by molar-refractivity contribution is 5.94. The third-order valence-corrected chi connectivity index (χ3v) is 4.46. The number of amides is 1. The monoisotopic (exact) mass is 309 g/mol. The van der Waals surface area contributed by atoms with Crippen molar-refractivity contribution in [1.29, 1.82) is 0 Å². The quantitative estimate of drug-likeness (QED) is 0.858. The SMILES string of the molecule is CN(CC1CCOCC1)C(=O)c1ccc(-c2ccccc2)cc1. The highest BCUT2D eigenvalue weighted by Crippen LogP contribution is 2.21. The van der Waals surface area contributed by atoms with Crippen LogP contribution in [0.25, 0.3) is 11.1 Å². The van der Waals surface area contributed by atoms with Crippen LogP contribution in [0.3, 0.4) is 0 Å². The molecule has 2 aromatic carbocycles. The van der Waals surface area contributed by atoms with Crippen LogP contribution in [0.15, 0.2) is 54.6 Å². The van der Waals surface area contributed by atoms with Gasteiger partial charge in [-0.05, 0) is 42.0 Å². The lowest BCUT2D eigenvalue weighted by Gasteiger charge is -2.27. The minimum Gasteiger partial charge on any atom is -0.381 e. The van der Waals surface area contributed by atoms with Crippen molar-refractivity contribution in [3.63, 3.8) is 0 Å².